The van der Waals surface area contributed by atoms with E-state index in [9.17, 15) is 22.8 Å². The smallest absolute Gasteiger partial charge is 0.334 e. The maximum atomic E-state index is 12.6. The number of hydrogen-bond acceptors (Lipinski definition) is 2. The number of nitrogens with zero attached hydrogens (tertiary/aromatic N) is 2. The molecule has 0 N–H and O–H groups in total. The van der Waals surface area contributed by atoms with Crippen molar-refractivity contribution in [3.05, 3.63) is 31.2 Å². The van der Waals surface area contributed by atoms with Crippen molar-refractivity contribution in [1.29, 1.82) is 0 Å². The average Bonchev–Trinajstić information content (AvgIpc) is 2.54. The van der Waals surface area contributed by atoms with Gasteiger partial charge in [0.2, 0.25) is 0 Å². The molecule has 2 heterocycles. The summed E-state index contributed by atoms with van der Waals surface area (Å²) in [6.07, 6.45) is -4.62. The third kappa shape index (κ3) is 3.09. The lowest BCUT2D eigenvalue weighted by Gasteiger charge is -2.23. The van der Waals surface area contributed by atoms with E-state index in [0.717, 1.165) is 10.5 Å². The predicted octanol–water partition coefficient (Wildman–Crippen LogP) is 2.04. The van der Waals surface area contributed by atoms with Crippen LogP contribution in [0.4, 0.5) is 13.2 Å². The first kappa shape index (κ1) is 16.3. The molecule has 0 saturated heterocycles. The highest BCUT2D eigenvalue weighted by molar-refractivity contribution is 14.1. The molecule has 0 radical (unpaired) electrons. The van der Waals surface area contributed by atoms with E-state index in [-0.39, 0.29) is 31.0 Å². The van der Waals surface area contributed by atoms with Gasteiger partial charge in [-0.15, -0.1) is 0 Å². The van der Waals surface area contributed by atoms with E-state index >= 15 is 0 Å². The van der Waals surface area contributed by atoms with Crippen molar-refractivity contribution < 1.29 is 18.0 Å². The van der Waals surface area contributed by atoms with E-state index in [4.69, 9.17) is 0 Å². The van der Waals surface area contributed by atoms with Gasteiger partial charge in [0.1, 0.15) is 0 Å². The van der Waals surface area contributed by atoms with Crippen molar-refractivity contribution in [3.8, 4) is 0 Å². The Morgan fingerprint density at radius 2 is 2.05 bits per heavy atom. The Morgan fingerprint density at radius 1 is 1.43 bits per heavy atom. The van der Waals surface area contributed by atoms with Crippen molar-refractivity contribution in [2.45, 2.75) is 25.4 Å². The SMILES string of the molecule is CC1CN(C(=O)C(F)(F)F)CCc2c1cc(I)c(=O)n2C. The summed E-state index contributed by atoms with van der Waals surface area (Å²) in [5.74, 6) is -2.07. The Bertz CT molecular complexity index is 640. The molecule has 4 nitrogen and oxygen atoms in total. The summed E-state index contributed by atoms with van der Waals surface area (Å²) in [5, 5.41) is 0. The number of carbonyl (C=O) groups excluding carboxylic acids is 1. The van der Waals surface area contributed by atoms with Crippen molar-refractivity contribution in [2.75, 3.05) is 13.1 Å². The van der Waals surface area contributed by atoms with Crippen LogP contribution in [0.5, 0.6) is 0 Å². The lowest BCUT2D eigenvalue weighted by Crippen LogP contribution is -2.43. The normalized spacial score (nSPS) is 19.1. The summed E-state index contributed by atoms with van der Waals surface area (Å²) in [7, 11) is 1.61. The maximum Gasteiger partial charge on any atom is 0.471 e. The topological polar surface area (TPSA) is 42.3 Å². The zero-order valence-electron chi connectivity index (χ0n) is 11.5. The summed E-state index contributed by atoms with van der Waals surface area (Å²) in [5.41, 5.74) is 1.36. The summed E-state index contributed by atoms with van der Waals surface area (Å²) in [6, 6.07) is 1.71. The molecule has 0 aliphatic carbocycles. The Kier molecular flexibility index (Phi) is 4.36. The fourth-order valence-corrected chi connectivity index (χ4v) is 3.32. The fourth-order valence-electron chi connectivity index (χ4n) is 2.62. The van der Waals surface area contributed by atoms with Gasteiger partial charge in [-0.05, 0) is 34.2 Å². The summed E-state index contributed by atoms with van der Waals surface area (Å²) in [6.45, 7) is 1.73. The molecule has 0 saturated carbocycles. The first-order chi connectivity index (χ1) is 9.62. The zero-order chi connectivity index (χ0) is 15.9. The van der Waals surface area contributed by atoms with Crippen LogP contribution >= 0.6 is 22.6 Å². The van der Waals surface area contributed by atoms with Gasteiger partial charge in [0.25, 0.3) is 5.56 Å². The number of rotatable bonds is 0. The van der Waals surface area contributed by atoms with E-state index in [1.165, 1.54) is 4.57 Å². The van der Waals surface area contributed by atoms with Crippen LogP contribution in [0, 0.1) is 3.57 Å². The molecule has 0 fully saturated rings. The number of carbonyl (C=O) groups is 1. The zero-order valence-corrected chi connectivity index (χ0v) is 13.7. The first-order valence-electron chi connectivity index (χ1n) is 6.37. The van der Waals surface area contributed by atoms with Gasteiger partial charge in [0.05, 0.1) is 3.57 Å². The van der Waals surface area contributed by atoms with Gasteiger partial charge in [-0.3, -0.25) is 9.59 Å². The summed E-state index contributed by atoms with van der Waals surface area (Å²) in [4.78, 5) is 24.2. The largest absolute Gasteiger partial charge is 0.471 e. The van der Waals surface area contributed by atoms with Crippen molar-refractivity contribution in [1.82, 2.24) is 9.47 Å². The highest BCUT2D eigenvalue weighted by atomic mass is 127. The minimum atomic E-state index is -4.86. The van der Waals surface area contributed by atoms with Gasteiger partial charge >= 0.3 is 12.1 Å². The number of halogens is 4. The Hall–Kier alpha value is -1.06. The van der Waals surface area contributed by atoms with E-state index in [1.807, 2.05) is 22.6 Å². The second kappa shape index (κ2) is 5.62. The molecule has 1 aliphatic rings. The summed E-state index contributed by atoms with van der Waals surface area (Å²) < 4.78 is 39.7. The van der Waals surface area contributed by atoms with Crippen LogP contribution < -0.4 is 5.56 Å². The van der Waals surface area contributed by atoms with Crippen LogP contribution in [0.3, 0.4) is 0 Å². The standard InChI is InChI=1S/C13H14F3IN2O2/c1-7-6-19(12(21)13(14,15)16)4-3-10-8(7)5-9(17)11(20)18(10)2/h5,7H,3-4,6H2,1-2H3. The van der Waals surface area contributed by atoms with Crippen molar-refractivity contribution in [2.24, 2.45) is 7.05 Å². The van der Waals surface area contributed by atoms with Crippen LogP contribution in [0.2, 0.25) is 0 Å². The number of pyridine rings is 1. The number of amides is 1. The maximum absolute atomic E-state index is 12.6. The van der Waals surface area contributed by atoms with Crippen LogP contribution in [-0.2, 0) is 18.3 Å². The van der Waals surface area contributed by atoms with Gasteiger partial charge in [-0.1, -0.05) is 6.92 Å². The molecule has 1 aromatic rings. The minimum absolute atomic E-state index is 0.000370. The lowest BCUT2D eigenvalue weighted by atomic mass is 9.99. The van der Waals surface area contributed by atoms with E-state index < -0.39 is 12.1 Å². The molecule has 2 rings (SSSR count). The molecular weight excluding hydrogens is 400 g/mol. The van der Waals surface area contributed by atoms with E-state index in [0.29, 0.717) is 9.26 Å². The quantitative estimate of drug-likeness (QED) is 0.610. The number of hydrogen-bond donors (Lipinski definition) is 0. The van der Waals surface area contributed by atoms with Crippen molar-refractivity contribution >= 4 is 28.5 Å². The monoisotopic (exact) mass is 414 g/mol. The highest BCUT2D eigenvalue weighted by Gasteiger charge is 2.43. The van der Waals surface area contributed by atoms with Crippen LogP contribution in [0.25, 0.3) is 0 Å². The molecule has 1 aromatic heterocycles. The molecule has 0 aromatic carbocycles. The van der Waals surface area contributed by atoms with Crippen LogP contribution in [-0.4, -0.2) is 34.6 Å². The first-order valence-corrected chi connectivity index (χ1v) is 7.45. The van der Waals surface area contributed by atoms with Crippen LogP contribution in [0.1, 0.15) is 24.1 Å². The molecule has 1 aliphatic heterocycles. The average molecular weight is 414 g/mol. The number of fused-ring (bicyclic) bond motifs is 1. The molecule has 116 valence electrons. The van der Waals surface area contributed by atoms with E-state index in [1.54, 1.807) is 20.0 Å². The summed E-state index contributed by atoms with van der Waals surface area (Å²) >= 11 is 1.92. The van der Waals surface area contributed by atoms with Crippen molar-refractivity contribution in [3.63, 3.8) is 0 Å². The van der Waals surface area contributed by atoms with Gasteiger partial charge in [0.15, 0.2) is 0 Å². The molecule has 1 unspecified atom stereocenters. The van der Waals surface area contributed by atoms with Gasteiger partial charge < -0.3 is 9.47 Å². The Labute approximate surface area is 133 Å². The Morgan fingerprint density at radius 3 is 2.62 bits per heavy atom. The molecular formula is C13H14F3IN2O2. The molecule has 0 spiro atoms. The molecule has 1 atom stereocenters. The molecule has 21 heavy (non-hydrogen) atoms. The van der Waals surface area contributed by atoms with Crippen LogP contribution in [0.15, 0.2) is 10.9 Å². The number of alkyl halides is 3. The van der Waals surface area contributed by atoms with Gasteiger partial charge in [0, 0.05) is 38.2 Å². The molecule has 1 amide bonds. The third-order valence-corrected chi connectivity index (χ3v) is 4.48. The molecule has 0 bridgehead atoms. The predicted molar refractivity (Wildman–Crippen MR) is 79.2 cm³/mol. The minimum Gasteiger partial charge on any atom is -0.334 e. The second-order valence-corrected chi connectivity index (χ2v) is 6.32. The second-order valence-electron chi connectivity index (χ2n) is 5.16. The Balaban J connectivity index is 2.40. The van der Waals surface area contributed by atoms with Gasteiger partial charge in [-0.2, -0.15) is 13.2 Å². The van der Waals surface area contributed by atoms with Gasteiger partial charge in [-0.25, -0.2) is 0 Å². The third-order valence-electron chi connectivity index (χ3n) is 3.70. The molecule has 8 heteroatoms. The fraction of sp³-hybridized carbons (Fsp3) is 0.538. The lowest BCUT2D eigenvalue weighted by molar-refractivity contribution is -0.185. The highest BCUT2D eigenvalue weighted by Crippen LogP contribution is 2.28. The van der Waals surface area contributed by atoms with E-state index in [2.05, 4.69) is 0 Å². The number of aromatic nitrogens is 1.